The predicted molar refractivity (Wildman–Crippen MR) is 355 cm³/mol. The minimum Gasteiger partial charge on any atom is -0.456 e. The van der Waals surface area contributed by atoms with Crippen LogP contribution in [0, 0.1) is 0 Å². The Morgan fingerprint density at radius 1 is 0.439 bits per heavy atom. The van der Waals surface area contributed by atoms with Crippen LogP contribution in [-0.4, -0.2) is 74.3 Å². The summed E-state index contributed by atoms with van der Waals surface area (Å²) in [4.78, 5) is 37.8. The molecule has 0 spiro atoms. The van der Waals surface area contributed by atoms with Crippen molar-refractivity contribution in [1.29, 1.82) is 0 Å². The summed E-state index contributed by atoms with van der Waals surface area (Å²) in [6.07, 6.45) is 87.1. The van der Waals surface area contributed by atoms with Gasteiger partial charge in [0.1, 0.15) is 19.3 Å². The highest BCUT2D eigenvalue weighted by Gasteiger charge is 2.30. The zero-order chi connectivity index (χ0) is 60.0. The van der Waals surface area contributed by atoms with Crippen molar-refractivity contribution in [2.45, 2.75) is 258 Å². The van der Waals surface area contributed by atoms with E-state index in [0.717, 1.165) is 148 Å². The molecule has 0 aromatic carbocycles. The molecule has 0 aromatic heterocycles. The first-order chi connectivity index (χ1) is 39.9. The molecule has 82 heavy (non-hydrogen) atoms. The van der Waals surface area contributed by atoms with Gasteiger partial charge in [-0.1, -0.05) is 250 Å². The van der Waals surface area contributed by atoms with E-state index in [0.29, 0.717) is 23.9 Å². The largest absolute Gasteiger partial charge is 0.472 e. The number of allylic oxidation sites excluding steroid dienone is 23. The van der Waals surface area contributed by atoms with Crippen molar-refractivity contribution in [2.75, 3.05) is 40.9 Å². The molecule has 466 valence electrons. The maximum absolute atomic E-state index is 13.6. The van der Waals surface area contributed by atoms with Crippen molar-refractivity contribution >= 4 is 19.7 Å². The molecule has 0 saturated carbocycles. The molecule has 0 rings (SSSR count). The molecule has 0 heterocycles. The van der Waals surface area contributed by atoms with Gasteiger partial charge in [-0.2, -0.15) is 0 Å². The van der Waals surface area contributed by atoms with Crippen LogP contribution in [0.15, 0.2) is 146 Å². The summed E-state index contributed by atoms with van der Waals surface area (Å²) in [7, 11) is 1.44. The van der Waals surface area contributed by atoms with E-state index in [-0.39, 0.29) is 37.9 Å². The molecule has 0 aliphatic heterocycles. The van der Waals surface area contributed by atoms with E-state index in [1.165, 1.54) is 51.4 Å². The van der Waals surface area contributed by atoms with Crippen molar-refractivity contribution < 1.29 is 37.3 Å². The number of nitrogens with zero attached hydrogens (tertiary/aromatic N) is 1. The average molecular weight is 1160 g/mol. The van der Waals surface area contributed by atoms with Gasteiger partial charge in [-0.25, -0.2) is 4.57 Å². The van der Waals surface area contributed by atoms with Gasteiger partial charge in [0, 0.05) is 12.8 Å². The van der Waals surface area contributed by atoms with E-state index in [1.54, 1.807) is 0 Å². The summed E-state index contributed by atoms with van der Waals surface area (Å²) in [6.45, 7) is 6.73. The van der Waals surface area contributed by atoms with E-state index >= 15 is 0 Å². The van der Waals surface area contributed by atoms with E-state index in [1.807, 2.05) is 33.3 Å². The smallest absolute Gasteiger partial charge is 0.456 e. The second-order valence-electron chi connectivity index (χ2n) is 22.5. The first-order valence-corrected chi connectivity index (χ1v) is 34.2. The Labute approximate surface area is 504 Å². The molecule has 0 aliphatic carbocycles. The van der Waals surface area contributed by atoms with Crippen molar-refractivity contribution in [3.8, 4) is 0 Å². The number of amides is 1. The molecule has 0 radical (unpaired) electrons. The minimum absolute atomic E-state index is 0.0224. The highest BCUT2D eigenvalue weighted by atomic mass is 31.2. The first-order valence-electron chi connectivity index (χ1n) is 32.7. The number of likely N-dealkylation sites (N-methyl/N-ethyl adjacent to an activating group) is 1. The lowest BCUT2D eigenvalue weighted by atomic mass is 10.0. The average Bonchev–Trinajstić information content (AvgIpc) is 3.44. The number of hydrogen-bond acceptors (Lipinski definition) is 6. The summed E-state index contributed by atoms with van der Waals surface area (Å²) in [5.74, 6) is -0.570. The SMILES string of the molecule is CC/C=C\C/C=C\C/C=C\C/C=C\C/C=C\C/C=C\CCCCCCCCC(=O)OC(/C=C\CCCCCCCCCCCC)C(COP(=O)(O)OCC[N+](C)(C)C)NC(=O)CCCCC/C=C\C/C=C\C/C=C\C/C=C\C/C=C\CC. The van der Waals surface area contributed by atoms with Crippen LogP contribution < -0.4 is 5.32 Å². The second-order valence-corrected chi connectivity index (χ2v) is 24.0. The van der Waals surface area contributed by atoms with Gasteiger partial charge < -0.3 is 19.4 Å². The van der Waals surface area contributed by atoms with E-state index in [4.69, 9.17) is 13.8 Å². The molecule has 0 bridgehead atoms. The monoisotopic (exact) mass is 1160 g/mol. The van der Waals surface area contributed by atoms with Gasteiger partial charge in [0.15, 0.2) is 0 Å². The van der Waals surface area contributed by atoms with Gasteiger partial charge in [0.05, 0.1) is 33.8 Å². The minimum atomic E-state index is -4.48. The van der Waals surface area contributed by atoms with Crippen LogP contribution in [0.3, 0.4) is 0 Å². The Morgan fingerprint density at radius 3 is 1.18 bits per heavy atom. The number of carbonyl (C=O) groups excluding carboxylic acids is 2. The number of carbonyl (C=O) groups is 2. The number of phosphoric ester groups is 1. The molecule has 0 fully saturated rings. The zero-order valence-corrected chi connectivity index (χ0v) is 54.1. The Morgan fingerprint density at radius 2 is 0.780 bits per heavy atom. The molecule has 3 unspecified atom stereocenters. The van der Waals surface area contributed by atoms with Gasteiger partial charge in [0.25, 0.3) is 0 Å². The molecule has 0 aliphatic rings. The molecule has 2 N–H and O–H groups in total. The fourth-order valence-corrected chi connectivity index (χ4v) is 9.29. The third kappa shape index (κ3) is 60.5. The molecule has 0 saturated heterocycles. The maximum atomic E-state index is 13.6. The summed E-state index contributed by atoms with van der Waals surface area (Å²) in [5, 5.41) is 3.03. The fraction of sp³-hybridized carbons (Fsp3) is 0.639. The normalized spacial score (nSPS) is 14.6. The Balaban J connectivity index is 5.28. The maximum Gasteiger partial charge on any atom is 0.472 e. The number of hydrogen-bond donors (Lipinski definition) is 2. The summed E-state index contributed by atoms with van der Waals surface area (Å²) >= 11 is 0. The molecule has 0 aromatic rings. The van der Waals surface area contributed by atoms with Crippen molar-refractivity contribution in [3.63, 3.8) is 0 Å². The van der Waals surface area contributed by atoms with Gasteiger partial charge in [-0.3, -0.25) is 18.6 Å². The number of phosphoric acid groups is 1. The van der Waals surface area contributed by atoms with Crippen LogP contribution >= 0.6 is 7.82 Å². The summed E-state index contributed by atoms with van der Waals surface area (Å²) in [5.41, 5.74) is 0. The zero-order valence-electron chi connectivity index (χ0n) is 53.2. The third-order valence-electron chi connectivity index (χ3n) is 13.5. The van der Waals surface area contributed by atoms with Gasteiger partial charge in [-0.15, -0.1) is 0 Å². The van der Waals surface area contributed by atoms with Crippen molar-refractivity contribution in [2.24, 2.45) is 0 Å². The van der Waals surface area contributed by atoms with E-state index in [2.05, 4.69) is 160 Å². The van der Waals surface area contributed by atoms with Gasteiger partial charge in [0.2, 0.25) is 5.91 Å². The van der Waals surface area contributed by atoms with E-state index in [9.17, 15) is 19.0 Å². The lowest BCUT2D eigenvalue weighted by Gasteiger charge is -2.27. The predicted octanol–water partition coefficient (Wildman–Crippen LogP) is 20.6. The molecule has 9 nitrogen and oxygen atoms in total. The molecule has 1 amide bonds. The number of nitrogens with one attached hydrogen (secondary N) is 1. The summed E-state index contributed by atoms with van der Waals surface area (Å²) in [6, 6.07) is -0.884. The fourth-order valence-electron chi connectivity index (χ4n) is 8.56. The Hall–Kier alpha value is -4.11. The number of ether oxygens (including phenoxy) is 1. The molecular formula is C72H122N2O7P+. The van der Waals surface area contributed by atoms with Crippen LogP contribution in [0.2, 0.25) is 0 Å². The summed E-state index contributed by atoms with van der Waals surface area (Å²) < 4.78 is 30.7. The van der Waals surface area contributed by atoms with Gasteiger partial charge >= 0.3 is 13.8 Å². The van der Waals surface area contributed by atoms with Gasteiger partial charge in [-0.05, 0) is 128 Å². The molecule has 3 atom stereocenters. The topological polar surface area (TPSA) is 111 Å². The van der Waals surface area contributed by atoms with Crippen molar-refractivity contribution in [1.82, 2.24) is 5.32 Å². The van der Waals surface area contributed by atoms with Crippen LogP contribution in [0.4, 0.5) is 0 Å². The Bertz CT molecular complexity index is 1910. The lowest BCUT2D eigenvalue weighted by molar-refractivity contribution is -0.870. The van der Waals surface area contributed by atoms with E-state index < -0.39 is 20.0 Å². The number of quaternary nitrogens is 1. The second kappa shape index (κ2) is 60.0. The number of rotatable bonds is 57. The highest BCUT2D eigenvalue weighted by molar-refractivity contribution is 7.47. The standard InChI is InChI=1S/C72H121N2O7P/c1-7-10-13-16-19-22-25-28-30-32-34-35-36-37-38-39-41-43-45-47-50-53-56-59-62-65-72(76)81-70(63-60-57-54-51-48-27-24-21-18-15-12-9-3)69(68-80-82(77,78)79-67-66-74(4,5)6)73-71(75)64-61-58-55-52-49-46-44-42-40-33-31-29-26-23-20-17-14-11-8-2/h10-11,13-14,19-20,22-23,28-31,34-35,37-38,40-43,46,49,60,63,69-70H,7-9,12,15-18,21,24-27,32-33,36,39,44-45,47-48,50-59,61-62,64-68H2,1-6H3,(H-,73,75,77,78)/p+1/b13-10-,14-11-,22-19-,23-20-,30-28-,31-29-,35-34-,38-37-,42-40-,43-41-,49-46-,63-60-. The highest BCUT2D eigenvalue weighted by Crippen LogP contribution is 2.43. The van der Waals surface area contributed by atoms with Crippen LogP contribution in [0.5, 0.6) is 0 Å². The van der Waals surface area contributed by atoms with Crippen LogP contribution in [0.1, 0.15) is 245 Å². The third-order valence-corrected chi connectivity index (χ3v) is 14.5. The van der Waals surface area contributed by atoms with Crippen LogP contribution in [0.25, 0.3) is 0 Å². The van der Waals surface area contributed by atoms with Crippen molar-refractivity contribution in [3.05, 3.63) is 146 Å². The molecular weight excluding hydrogens is 1040 g/mol. The van der Waals surface area contributed by atoms with Crippen LogP contribution in [-0.2, 0) is 27.9 Å². The first kappa shape index (κ1) is 77.9. The number of unbranched alkanes of at least 4 members (excludes halogenated alkanes) is 19. The quantitative estimate of drug-likeness (QED) is 0.0205. The Kier molecular flexibility index (Phi) is 57.0. The molecule has 10 heteroatoms. The lowest BCUT2D eigenvalue weighted by Crippen LogP contribution is -2.47. The number of esters is 1.